The number of benzene rings is 1. The third kappa shape index (κ3) is 5.71. The maximum absolute atomic E-state index is 12.3. The van der Waals surface area contributed by atoms with Gasteiger partial charge in [-0.15, -0.1) is 0 Å². The highest BCUT2D eigenvalue weighted by atomic mass is 35.5. The lowest BCUT2D eigenvalue weighted by Crippen LogP contribution is -2.50. The molecule has 2 N–H and O–H groups in total. The molecule has 1 saturated heterocycles. The summed E-state index contributed by atoms with van der Waals surface area (Å²) in [7, 11) is -3.22. The first-order chi connectivity index (χ1) is 13.7. The second-order valence-corrected chi connectivity index (χ2v) is 9.57. The summed E-state index contributed by atoms with van der Waals surface area (Å²) in [5.74, 6) is -0.300. The lowest BCUT2D eigenvalue weighted by Gasteiger charge is -2.33. The predicted octanol–water partition coefficient (Wildman–Crippen LogP) is 1.36. The topological polar surface area (TPSA) is 103 Å². The Kier molecular flexibility index (Phi) is 6.81. The number of rotatable bonds is 7. The molecule has 29 heavy (non-hydrogen) atoms. The largest absolute Gasteiger partial charge is 0.361 e. The summed E-state index contributed by atoms with van der Waals surface area (Å²) in [6.07, 6.45) is 3.97. The van der Waals surface area contributed by atoms with Gasteiger partial charge in [-0.05, 0) is 30.2 Å². The van der Waals surface area contributed by atoms with Crippen molar-refractivity contribution in [3.8, 4) is 0 Å². The van der Waals surface area contributed by atoms with Gasteiger partial charge in [0.15, 0.2) is 0 Å². The molecule has 0 spiro atoms. The van der Waals surface area contributed by atoms with Gasteiger partial charge in [-0.3, -0.25) is 9.59 Å². The van der Waals surface area contributed by atoms with Gasteiger partial charge in [0, 0.05) is 67.7 Å². The smallest absolute Gasteiger partial charge is 0.223 e. The molecule has 2 aromatic rings. The lowest BCUT2D eigenvalue weighted by atomic mass is 10.1. The number of hydrogen-bond acceptors (Lipinski definition) is 4. The molecule has 1 aromatic heterocycles. The molecule has 0 saturated carbocycles. The Balaban J connectivity index is 1.39. The quantitative estimate of drug-likeness (QED) is 0.678. The van der Waals surface area contributed by atoms with Crippen LogP contribution in [0.5, 0.6) is 0 Å². The number of aromatic amines is 1. The third-order valence-corrected chi connectivity index (χ3v) is 6.61. The van der Waals surface area contributed by atoms with Crippen LogP contribution in [0.2, 0.25) is 5.02 Å². The molecule has 2 amide bonds. The summed E-state index contributed by atoms with van der Waals surface area (Å²) in [6, 6.07) is 5.64. The van der Waals surface area contributed by atoms with E-state index in [1.807, 2.05) is 24.4 Å². The zero-order valence-electron chi connectivity index (χ0n) is 16.3. The fraction of sp³-hybridized carbons (Fsp3) is 0.474. The van der Waals surface area contributed by atoms with E-state index in [4.69, 9.17) is 11.6 Å². The number of piperazine rings is 1. The van der Waals surface area contributed by atoms with Gasteiger partial charge in [0.1, 0.15) is 0 Å². The molecule has 0 atom stereocenters. The molecule has 1 fully saturated rings. The number of fused-ring (bicyclic) bond motifs is 1. The number of carbonyl (C=O) groups excluding carboxylic acids is 2. The Morgan fingerprint density at radius 2 is 1.90 bits per heavy atom. The fourth-order valence-electron chi connectivity index (χ4n) is 3.43. The maximum Gasteiger partial charge on any atom is 0.223 e. The van der Waals surface area contributed by atoms with Crippen LogP contribution < -0.4 is 5.32 Å². The molecule has 2 heterocycles. The maximum atomic E-state index is 12.3. The molecule has 0 radical (unpaired) electrons. The van der Waals surface area contributed by atoms with E-state index in [0.717, 1.165) is 16.5 Å². The standard InChI is InChI=1S/C19H25ClN4O4S/c1-29(27,28)24-10-8-23(9-11-24)19(26)5-4-18(25)21-7-6-14-13-22-17-3-2-15(20)12-16(14)17/h2-3,12-13,22H,4-11H2,1H3,(H,21,25). The number of sulfonamides is 1. The van der Waals surface area contributed by atoms with Crippen molar-refractivity contribution in [1.29, 1.82) is 0 Å². The van der Waals surface area contributed by atoms with Crippen molar-refractivity contribution in [2.45, 2.75) is 19.3 Å². The highest BCUT2D eigenvalue weighted by Crippen LogP contribution is 2.22. The highest BCUT2D eigenvalue weighted by molar-refractivity contribution is 7.88. The second-order valence-electron chi connectivity index (χ2n) is 7.15. The zero-order valence-corrected chi connectivity index (χ0v) is 17.9. The first-order valence-corrected chi connectivity index (χ1v) is 11.7. The van der Waals surface area contributed by atoms with E-state index < -0.39 is 10.0 Å². The molecule has 0 bridgehead atoms. The molecule has 1 aliphatic rings. The van der Waals surface area contributed by atoms with E-state index in [0.29, 0.717) is 44.2 Å². The van der Waals surface area contributed by atoms with Crippen molar-refractivity contribution in [3.63, 3.8) is 0 Å². The molecule has 3 rings (SSSR count). The highest BCUT2D eigenvalue weighted by Gasteiger charge is 2.26. The molecule has 10 heteroatoms. The zero-order chi connectivity index (χ0) is 21.0. The van der Waals surface area contributed by atoms with Gasteiger partial charge < -0.3 is 15.2 Å². The number of aromatic nitrogens is 1. The minimum absolute atomic E-state index is 0.116. The molecule has 1 aromatic carbocycles. The van der Waals surface area contributed by atoms with Crippen molar-refractivity contribution in [1.82, 2.24) is 19.5 Å². The van der Waals surface area contributed by atoms with Gasteiger partial charge in [-0.1, -0.05) is 11.6 Å². The number of nitrogens with one attached hydrogen (secondary N) is 2. The average molecular weight is 441 g/mol. The Morgan fingerprint density at radius 3 is 2.59 bits per heavy atom. The van der Waals surface area contributed by atoms with Crippen LogP contribution in [0.1, 0.15) is 18.4 Å². The Bertz CT molecular complexity index is 997. The Hall–Kier alpha value is -2.10. The van der Waals surface area contributed by atoms with Crippen LogP contribution in [0, 0.1) is 0 Å². The molecule has 1 aliphatic heterocycles. The van der Waals surface area contributed by atoms with E-state index in [1.165, 1.54) is 10.6 Å². The fourth-order valence-corrected chi connectivity index (χ4v) is 4.43. The normalized spacial score (nSPS) is 15.6. The average Bonchev–Trinajstić information content (AvgIpc) is 3.07. The van der Waals surface area contributed by atoms with Crippen LogP contribution in [0.15, 0.2) is 24.4 Å². The van der Waals surface area contributed by atoms with Crippen LogP contribution in [-0.2, 0) is 26.0 Å². The van der Waals surface area contributed by atoms with Crippen molar-refractivity contribution < 1.29 is 18.0 Å². The van der Waals surface area contributed by atoms with Gasteiger partial charge in [-0.2, -0.15) is 4.31 Å². The number of nitrogens with zero attached hydrogens (tertiary/aromatic N) is 2. The lowest BCUT2D eigenvalue weighted by molar-refractivity contribution is -0.134. The van der Waals surface area contributed by atoms with Gasteiger partial charge in [0.2, 0.25) is 21.8 Å². The van der Waals surface area contributed by atoms with Crippen molar-refractivity contribution in [2.24, 2.45) is 0 Å². The number of hydrogen-bond donors (Lipinski definition) is 2. The summed E-state index contributed by atoms with van der Waals surface area (Å²) in [6.45, 7) is 1.78. The number of H-pyrrole nitrogens is 1. The molecule has 0 unspecified atom stereocenters. The minimum atomic E-state index is -3.22. The Morgan fingerprint density at radius 1 is 1.17 bits per heavy atom. The Labute approximate surface area is 175 Å². The second kappa shape index (κ2) is 9.15. The van der Waals surface area contributed by atoms with E-state index in [9.17, 15) is 18.0 Å². The third-order valence-electron chi connectivity index (χ3n) is 5.07. The van der Waals surface area contributed by atoms with Crippen LogP contribution >= 0.6 is 11.6 Å². The van der Waals surface area contributed by atoms with Gasteiger partial charge in [0.25, 0.3) is 0 Å². The van der Waals surface area contributed by atoms with Crippen LogP contribution in [0.25, 0.3) is 10.9 Å². The number of halogens is 1. The van der Waals surface area contributed by atoms with Gasteiger partial charge in [-0.25, -0.2) is 8.42 Å². The predicted molar refractivity (Wildman–Crippen MR) is 112 cm³/mol. The van der Waals surface area contributed by atoms with E-state index in [1.54, 1.807) is 4.90 Å². The van der Waals surface area contributed by atoms with Gasteiger partial charge in [0.05, 0.1) is 6.26 Å². The number of carbonyl (C=O) groups is 2. The molecular formula is C19H25ClN4O4S. The minimum Gasteiger partial charge on any atom is -0.361 e. The SMILES string of the molecule is CS(=O)(=O)N1CCN(C(=O)CCC(=O)NCCc2c[nH]c3ccc(Cl)cc23)CC1. The van der Waals surface area contributed by atoms with Crippen LogP contribution in [-0.4, -0.2) is 73.4 Å². The molecule has 8 nitrogen and oxygen atoms in total. The summed E-state index contributed by atoms with van der Waals surface area (Å²) in [5, 5.41) is 4.54. The summed E-state index contributed by atoms with van der Waals surface area (Å²) in [4.78, 5) is 29.1. The molecular weight excluding hydrogens is 416 g/mol. The van der Waals surface area contributed by atoms with E-state index in [2.05, 4.69) is 10.3 Å². The van der Waals surface area contributed by atoms with Gasteiger partial charge >= 0.3 is 0 Å². The first-order valence-electron chi connectivity index (χ1n) is 9.49. The first kappa shape index (κ1) is 21.6. The van der Waals surface area contributed by atoms with Crippen LogP contribution in [0.3, 0.4) is 0 Å². The van der Waals surface area contributed by atoms with Crippen molar-refractivity contribution in [3.05, 3.63) is 35.0 Å². The molecule has 0 aliphatic carbocycles. The van der Waals surface area contributed by atoms with Crippen LogP contribution in [0.4, 0.5) is 0 Å². The summed E-state index contributed by atoms with van der Waals surface area (Å²) in [5.41, 5.74) is 2.07. The number of amides is 2. The van der Waals surface area contributed by atoms with Crippen molar-refractivity contribution in [2.75, 3.05) is 39.0 Å². The monoisotopic (exact) mass is 440 g/mol. The molecule has 158 valence electrons. The van der Waals surface area contributed by atoms with Crippen molar-refractivity contribution >= 4 is 44.3 Å². The van der Waals surface area contributed by atoms with E-state index >= 15 is 0 Å². The summed E-state index contributed by atoms with van der Waals surface area (Å²) < 4.78 is 24.4. The van der Waals surface area contributed by atoms with E-state index in [-0.39, 0.29) is 24.7 Å². The summed E-state index contributed by atoms with van der Waals surface area (Å²) >= 11 is 6.05.